The molecule has 3 aromatic carbocycles. The van der Waals surface area contributed by atoms with Crippen LogP contribution in [0.25, 0.3) is 28.4 Å². The van der Waals surface area contributed by atoms with Crippen LogP contribution in [0.3, 0.4) is 0 Å². The maximum absolute atomic E-state index is 13.9. The molecule has 0 radical (unpaired) electrons. The molecule has 0 bridgehead atoms. The first-order valence-corrected chi connectivity index (χ1v) is 16.9. The molecule has 10 N–H and O–H groups in total. The zero-order valence-electron chi connectivity index (χ0n) is 29.2. The standard InChI is InChI=1S/C37H38O19/c1-50-21-10-15(2-8-19(21)41)3-9-25(43)51-14-24-28(45)30(47)32(49)36(54-24)56-35-31(48)27(44)23(13-38)53-37(35)55-34-29(46)26-20(42)11-18(40)12-22(26)52-33(34)16-4-6-17(39)7-5-16/h2-12,23-24,27-28,30-32,35-42,44-45,47-49H,13-14H2,1H3/t23-,24+,27+,28-,30+,31+,32-,35+,36+,37+/m1/s1. The summed E-state index contributed by atoms with van der Waals surface area (Å²) in [5, 5.41) is 104. The number of hydrogen-bond acceptors (Lipinski definition) is 19. The van der Waals surface area contributed by atoms with Crippen molar-refractivity contribution in [2.45, 2.75) is 61.4 Å². The van der Waals surface area contributed by atoms with Gasteiger partial charge in [-0.25, -0.2) is 4.79 Å². The molecule has 6 rings (SSSR count). The molecular weight excluding hydrogens is 748 g/mol. The average molecular weight is 787 g/mol. The van der Waals surface area contributed by atoms with Gasteiger partial charge in [0.25, 0.3) is 0 Å². The van der Waals surface area contributed by atoms with E-state index in [2.05, 4.69) is 0 Å². The van der Waals surface area contributed by atoms with Crippen LogP contribution in [0, 0.1) is 0 Å². The monoisotopic (exact) mass is 786 g/mol. The first-order chi connectivity index (χ1) is 26.7. The number of carbonyl (C=O) groups is 1. The molecule has 19 nitrogen and oxygen atoms in total. The molecule has 3 heterocycles. The van der Waals surface area contributed by atoms with Crippen molar-refractivity contribution < 1.29 is 88.7 Å². The molecule has 0 saturated carbocycles. The Balaban J connectivity index is 1.27. The number of esters is 1. The summed E-state index contributed by atoms with van der Waals surface area (Å²) < 4.78 is 39.2. The second kappa shape index (κ2) is 16.7. The second-order valence-electron chi connectivity index (χ2n) is 12.8. The van der Waals surface area contributed by atoms with E-state index in [1.165, 1.54) is 55.7 Å². The number of carbonyl (C=O) groups excluding carboxylic acids is 1. The number of benzene rings is 3. The van der Waals surface area contributed by atoms with Gasteiger partial charge in [0, 0.05) is 23.8 Å². The van der Waals surface area contributed by atoms with Crippen molar-refractivity contribution in [3.63, 3.8) is 0 Å². The Kier molecular flexibility index (Phi) is 12.0. The number of aliphatic hydroxyl groups excluding tert-OH is 6. The minimum absolute atomic E-state index is 0.124. The molecule has 0 unspecified atom stereocenters. The molecular formula is C37H38O19. The van der Waals surface area contributed by atoms with Crippen LogP contribution in [0.1, 0.15) is 5.56 Å². The summed E-state index contributed by atoms with van der Waals surface area (Å²) >= 11 is 0. The van der Waals surface area contributed by atoms with Gasteiger partial charge in [-0.3, -0.25) is 4.79 Å². The summed E-state index contributed by atoms with van der Waals surface area (Å²) in [6, 6.07) is 11.4. The third-order valence-corrected chi connectivity index (χ3v) is 9.07. The number of rotatable bonds is 11. The predicted octanol–water partition coefficient (Wildman–Crippen LogP) is -0.442. The first kappa shape index (κ1) is 40.2. The Morgan fingerprint density at radius 1 is 0.786 bits per heavy atom. The number of aliphatic hydroxyl groups is 6. The first-order valence-electron chi connectivity index (χ1n) is 16.9. The van der Waals surface area contributed by atoms with Crippen LogP contribution in [-0.4, -0.2) is 139 Å². The Bertz CT molecular complexity index is 2120. The van der Waals surface area contributed by atoms with Crippen LogP contribution in [0.15, 0.2) is 69.9 Å². The third kappa shape index (κ3) is 8.21. The van der Waals surface area contributed by atoms with Crippen molar-refractivity contribution in [1.29, 1.82) is 0 Å². The van der Waals surface area contributed by atoms with Crippen molar-refractivity contribution in [2.24, 2.45) is 0 Å². The SMILES string of the molecule is COc1cc(C=CC(=O)OC[C@@H]2O[C@@H](O[C@@H]3[C@H](Oc4c(-c5ccc(O)cc5)oc5cc(O)cc(O)c5c4=O)O[C@H](CO)[C@H](O)[C@@H]3O)[C@H](O)[C@@H](O)[C@@H]2O)ccc1O. The lowest BCUT2D eigenvalue weighted by Gasteiger charge is -2.45. The van der Waals surface area contributed by atoms with E-state index in [0.717, 1.165) is 18.2 Å². The van der Waals surface area contributed by atoms with Crippen molar-refractivity contribution >= 4 is 23.0 Å². The molecule has 19 heteroatoms. The molecule has 1 aromatic heterocycles. The zero-order valence-corrected chi connectivity index (χ0v) is 29.2. The van der Waals surface area contributed by atoms with Gasteiger partial charge in [-0.05, 0) is 48.0 Å². The van der Waals surface area contributed by atoms with Crippen LogP contribution in [0.5, 0.6) is 34.5 Å². The normalized spacial score (nSPS) is 28.0. The number of phenols is 4. The highest BCUT2D eigenvalue weighted by Crippen LogP contribution is 2.38. The smallest absolute Gasteiger partial charge is 0.330 e. The van der Waals surface area contributed by atoms with Gasteiger partial charge >= 0.3 is 5.97 Å². The highest BCUT2D eigenvalue weighted by molar-refractivity contribution is 5.88. The van der Waals surface area contributed by atoms with Gasteiger partial charge in [-0.2, -0.15) is 0 Å². The van der Waals surface area contributed by atoms with Crippen molar-refractivity contribution in [2.75, 3.05) is 20.3 Å². The Hall–Kier alpha value is -5.48. The fourth-order valence-electron chi connectivity index (χ4n) is 6.09. The molecule has 0 amide bonds. The minimum atomic E-state index is -2.04. The molecule has 4 aromatic rings. The fourth-order valence-corrected chi connectivity index (χ4v) is 6.09. The van der Waals surface area contributed by atoms with E-state index >= 15 is 0 Å². The topological polar surface area (TPSA) is 305 Å². The maximum atomic E-state index is 13.9. The van der Waals surface area contributed by atoms with Gasteiger partial charge in [0.2, 0.25) is 17.5 Å². The largest absolute Gasteiger partial charge is 0.508 e. The summed E-state index contributed by atoms with van der Waals surface area (Å²) in [4.78, 5) is 26.5. The molecule has 0 spiro atoms. The van der Waals surface area contributed by atoms with Gasteiger partial charge in [0.15, 0.2) is 29.7 Å². The molecule has 2 aliphatic heterocycles. The van der Waals surface area contributed by atoms with E-state index in [1.807, 2.05) is 0 Å². The number of fused-ring (bicyclic) bond motifs is 1. The summed E-state index contributed by atoms with van der Waals surface area (Å²) in [6.45, 7) is -1.57. The lowest BCUT2D eigenvalue weighted by atomic mass is 9.97. The van der Waals surface area contributed by atoms with Crippen molar-refractivity contribution in [3.05, 3.63) is 76.5 Å². The van der Waals surface area contributed by atoms with Crippen LogP contribution in [0.2, 0.25) is 0 Å². The highest BCUT2D eigenvalue weighted by atomic mass is 16.8. The van der Waals surface area contributed by atoms with Crippen molar-refractivity contribution in [3.8, 4) is 45.8 Å². The molecule has 2 saturated heterocycles. The Morgan fingerprint density at radius 2 is 1.48 bits per heavy atom. The Labute approximate surface area is 315 Å². The van der Waals surface area contributed by atoms with Crippen LogP contribution in [0.4, 0.5) is 0 Å². The molecule has 10 atom stereocenters. The lowest BCUT2D eigenvalue weighted by molar-refractivity contribution is -0.358. The number of ether oxygens (including phenoxy) is 6. The number of phenolic OH excluding ortho intramolecular Hbond substituents is 4. The summed E-state index contributed by atoms with van der Waals surface area (Å²) in [5.74, 6) is -3.21. The van der Waals surface area contributed by atoms with E-state index in [1.54, 1.807) is 0 Å². The quantitative estimate of drug-likeness (QED) is 0.0680. The summed E-state index contributed by atoms with van der Waals surface area (Å²) in [5.41, 5.74) is -0.715. The summed E-state index contributed by atoms with van der Waals surface area (Å²) in [7, 11) is 1.34. The average Bonchev–Trinajstić information content (AvgIpc) is 3.17. The lowest BCUT2D eigenvalue weighted by Crippen LogP contribution is -2.65. The van der Waals surface area contributed by atoms with E-state index in [4.69, 9.17) is 32.8 Å². The summed E-state index contributed by atoms with van der Waals surface area (Å²) in [6.07, 6.45) is -16.3. The van der Waals surface area contributed by atoms with Crippen LogP contribution < -0.4 is 14.9 Å². The van der Waals surface area contributed by atoms with E-state index < -0.39 is 109 Å². The van der Waals surface area contributed by atoms with E-state index in [-0.39, 0.29) is 34.2 Å². The minimum Gasteiger partial charge on any atom is -0.508 e. The fraction of sp³-hybridized carbons (Fsp3) is 0.351. The van der Waals surface area contributed by atoms with Crippen LogP contribution in [-0.2, 0) is 23.7 Å². The molecule has 2 aliphatic rings. The van der Waals surface area contributed by atoms with E-state index in [0.29, 0.717) is 5.56 Å². The van der Waals surface area contributed by atoms with Crippen LogP contribution >= 0.6 is 0 Å². The highest BCUT2D eigenvalue weighted by Gasteiger charge is 2.52. The molecule has 300 valence electrons. The van der Waals surface area contributed by atoms with Gasteiger partial charge in [-0.15, -0.1) is 0 Å². The number of aromatic hydroxyl groups is 4. The maximum Gasteiger partial charge on any atom is 0.330 e. The molecule has 0 aliphatic carbocycles. The second-order valence-corrected chi connectivity index (χ2v) is 12.8. The molecule has 2 fully saturated rings. The van der Waals surface area contributed by atoms with Gasteiger partial charge in [0.05, 0.1) is 13.7 Å². The van der Waals surface area contributed by atoms with Crippen molar-refractivity contribution in [1.82, 2.24) is 0 Å². The van der Waals surface area contributed by atoms with Gasteiger partial charge in [0.1, 0.15) is 77.6 Å². The zero-order chi connectivity index (χ0) is 40.4. The number of methoxy groups -OCH3 is 1. The number of hydrogen-bond donors (Lipinski definition) is 10. The third-order valence-electron chi connectivity index (χ3n) is 9.07. The van der Waals surface area contributed by atoms with E-state index in [9.17, 15) is 60.7 Å². The Morgan fingerprint density at radius 3 is 2.18 bits per heavy atom. The molecule has 56 heavy (non-hydrogen) atoms. The predicted molar refractivity (Wildman–Crippen MR) is 188 cm³/mol. The van der Waals surface area contributed by atoms with Gasteiger partial charge in [-0.1, -0.05) is 6.07 Å². The van der Waals surface area contributed by atoms with Gasteiger partial charge < -0.3 is 83.9 Å².